The first kappa shape index (κ1) is 22.8. The highest BCUT2D eigenvalue weighted by Crippen LogP contribution is 2.33. The van der Waals surface area contributed by atoms with Crippen LogP contribution in [0.15, 0.2) is 36.0 Å². The predicted molar refractivity (Wildman–Crippen MR) is 138 cm³/mol. The van der Waals surface area contributed by atoms with Crippen molar-refractivity contribution in [2.75, 3.05) is 39.4 Å². The molecule has 0 spiro atoms. The average molecular weight is 493 g/mol. The lowest BCUT2D eigenvalue weighted by atomic mass is 9.98. The molecule has 2 aliphatic heterocycles. The summed E-state index contributed by atoms with van der Waals surface area (Å²) in [7, 11) is 0. The number of morpholine rings is 1. The summed E-state index contributed by atoms with van der Waals surface area (Å²) in [5.41, 5.74) is 5.70. The first-order valence-corrected chi connectivity index (χ1v) is 13.6. The van der Waals surface area contributed by atoms with Gasteiger partial charge in [0.15, 0.2) is 0 Å². The van der Waals surface area contributed by atoms with Gasteiger partial charge >= 0.3 is 6.09 Å². The van der Waals surface area contributed by atoms with Crippen LogP contribution in [0, 0.1) is 0 Å². The summed E-state index contributed by atoms with van der Waals surface area (Å²) < 4.78 is 11.2. The molecule has 1 saturated heterocycles. The smallest absolute Gasteiger partial charge is 0.410 e. The number of ether oxygens (including phenoxy) is 2. The number of H-pyrrole nitrogens is 1. The lowest BCUT2D eigenvalue weighted by Crippen LogP contribution is -2.36. The Morgan fingerprint density at radius 3 is 2.83 bits per heavy atom. The van der Waals surface area contributed by atoms with Crippen molar-refractivity contribution in [3.8, 4) is 11.1 Å². The van der Waals surface area contributed by atoms with Crippen molar-refractivity contribution in [3.05, 3.63) is 46.4 Å². The van der Waals surface area contributed by atoms with E-state index >= 15 is 0 Å². The second kappa shape index (κ2) is 10.1. The Bertz CT molecular complexity index is 1220. The lowest BCUT2D eigenvalue weighted by molar-refractivity contribution is 0.0346. The molecule has 1 amide bonds. The molecule has 1 saturated carbocycles. The highest BCUT2D eigenvalue weighted by atomic mass is 32.1. The van der Waals surface area contributed by atoms with Crippen LogP contribution in [0.3, 0.4) is 0 Å². The molecule has 1 aliphatic carbocycles. The van der Waals surface area contributed by atoms with Gasteiger partial charge in [-0.05, 0) is 60.8 Å². The molecule has 0 bridgehead atoms. The zero-order chi connectivity index (χ0) is 23.6. The second-order valence-corrected chi connectivity index (χ2v) is 10.7. The van der Waals surface area contributed by atoms with Crippen LogP contribution in [0.5, 0.6) is 0 Å². The monoisotopic (exact) mass is 492 g/mol. The highest BCUT2D eigenvalue weighted by Gasteiger charge is 2.25. The highest BCUT2D eigenvalue weighted by molar-refractivity contribution is 7.10. The summed E-state index contributed by atoms with van der Waals surface area (Å²) in [6.07, 6.45) is 11.3. The number of hydrogen-bond acceptors (Lipinski definition) is 6. The van der Waals surface area contributed by atoms with Crippen LogP contribution >= 0.6 is 11.3 Å². The molecule has 0 atom stereocenters. The summed E-state index contributed by atoms with van der Waals surface area (Å²) in [6, 6.07) is 4.54. The number of hydrogen-bond donors (Lipinski definition) is 1. The van der Waals surface area contributed by atoms with Gasteiger partial charge in [-0.3, -0.25) is 4.90 Å². The number of aromatic amines is 1. The third kappa shape index (κ3) is 5.01. The van der Waals surface area contributed by atoms with Gasteiger partial charge in [0.2, 0.25) is 0 Å². The zero-order valence-electron chi connectivity index (χ0n) is 20.0. The molecule has 3 aromatic rings. The topological polar surface area (TPSA) is 70.7 Å². The number of fused-ring (bicyclic) bond motifs is 1. The molecule has 35 heavy (non-hydrogen) atoms. The van der Waals surface area contributed by atoms with Gasteiger partial charge in [0.05, 0.1) is 13.2 Å². The molecule has 7 nitrogen and oxygen atoms in total. The molecule has 3 aliphatic rings. The number of aromatic nitrogens is 2. The van der Waals surface area contributed by atoms with Gasteiger partial charge in [0, 0.05) is 66.5 Å². The van der Waals surface area contributed by atoms with Crippen molar-refractivity contribution in [1.82, 2.24) is 19.8 Å². The van der Waals surface area contributed by atoms with Gasteiger partial charge in [-0.25, -0.2) is 9.78 Å². The van der Waals surface area contributed by atoms with Gasteiger partial charge in [0.25, 0.3) is 0 Å². The van der Waals surface area contributed by atoms with Crippen LogP contribution in [-0.4, -0.2) is 71.4 Å². The van der Waals surface area contributed by atoms with Gasteiger partial charge in [0.1, 0.15) is 11.8 Å². The van der Waals surface area contributed by atoms with E-state index in [2.05, 4.69) is 39.7 Å². The summed E-state index contributed by atoms with van der Waals surface area (Å²) in [4.78, 5) is 26.2. The van der Waals surface area contributed by atoms with Crippen LogP contribution in [0.4, 0.5) is 4.79 Å². The van der Waals surface area contributed by atoms with Crippen molar-refractivity contribution >= 4 is 34.0 Å². The fraction of sp³-hybridized carbons (Fsp3) is 0.481. The van der Waals surface area contributed by atoms with Gasteiger partial charge in [-0.2, -0.15) is 0 Å². The third-order valence-electron chi connectivity index (χ3n) is 7.38. The second-order valence-electron chi connectivity index (χ2n) is 9.73. The third-order valence-corrected chi connectivity index (χ3v) is 8.31. The van der Waals surface area contributed by atoms with Crippen LogP contribution in [0.2, 0.25) is 0 Å². The Morgan fingerprint density at radius 2 is 2.03 bits per heavy atom. The molecule has 0 aromatic carbocycles. The van der Waals surface area contributed by atoms with Gasteiger partial charge < -0.3 is 19.4 Å². The minimum Gasteiger partial charge on any atom is -0.446 e. The van der Waals surface area contributed by atoms with Crippen molar-refractivity contribution in [1.29, 1.82) is 0 Å². The fourth-order valence-corrected chi connectivity index (χ4v) is 6.26. The lowest BCUT2D eigenvalue weighted by Gasteiger charge is -2.27. The SMILES string of the molecule is O=C(OC1CCCC1)N1CC=C(c2c[nH]c3ncc(-c4csc(CN5CCOCC5)c4)cc23)CC1. The fourth-order valence-electron chi connectivity index (χ4n) is 5.32. The van der Waals surface area contributed by atoms with Crippen LogP contribution in [-0.2, 0) is 16.0 Å². The number of carbonyl (C=O) groups is 1. The molecule has 0 radical (unpaired) electrons. The molecule has 5 heterocycles. The summed E-state index contributed by atoms with van der Waals surface area (Å²) in [5, 5.41) is 3.37. The predicted octanol–water partition coefficient (Wildman–Crippen LogP) is 5.29. The van der Waals surface area contributed by atoms with E-state index in [1.165, 1.54) is 34.4 Å². The maximum absolute atomic E-state index is 12.5. The zero-order valence-corrected chi connectivity index (χ0v) is 20.8. The number of amides is 1. The first-order chi connectivity index (χ1) is 17.2. The number of nitrogens with zero attached hydrogens (tertiary/aromatic N) is 3. The number of nitrogens with one attached hydrogen (secondary N) is 1. The minimum atomic E-state index is -0.166. The van der Waals surface area contributed by atoms with E-state index in [-0.39, 0.29) is 12.2 Å². The molecule has 3 aromatic heterocycles. The Morgan fingerprint density at radius 1 is 1.17 bits per heavy atom. The van der Waals surface area contributed by atoms with Crippen molar-refractivity contribution in [2.24, 2.45) is 0 Å². The molecule has 184 valence electrons. The number of thiophene rings is 1. The van der Waals surface area contributed by atoms with Gasteiger partial charge in [-0.15, -0.1) is 11.3 Å². The van der Waals surface area contributed by atoms with E-state index in [9.17, 15) is 4.79 Å². The Labute approximate surface area is 209 Å². The number of pyridine rings is 1. The van der Waals surface area contributed by atoms with E-state index < -0.39 is 0 Å². The molecule has 1 N–H and O–H groups in total. The summed E-state index contributed by atoms with van der Waals surface area (Å²) in [5.74, 6) is 0. The number of carbonyl (C=O) groups excluding carboxylic acids is 1. The summed E-state index contributed by atoms with van der Waals surface area (Å²) in [6.45, 7) is 5.90. The maximum Gasteiger partial charge on any atom is 0.410 e. The van der Waals surface area contributed by atoms with E-state index in [1.807, 2.05) is 22.4 Å². The van der Waals surface area contributed by atoms with E-state index in [0.29, 0.717) is 13.1 Å². The molecule has 2 fully saturated rings. The van der Waals surface area contributed by atoms with E-state index in [0.717, 1.165) is 68.7 Å². The standard InChI is InChI=1S/C27H32N4O3S/c32-27(34-22-3-1-2-4-22)31-7-5-19(6-8-31)25-16-29-26-24(25)14-20(15-28-26)21-13-23(35-18-21)17-30-9-11-33-12-10-30/h5,13-16,18,22H,1-4,6-12,17H2,(H,28,29). The van der Waals surface area contributed by atoms with Crippen LogP contribution in [0.25, 0.3) is 27.7 Å². The van der Waals surface area contributed by atoms with Gasteiger partial charge in [-0.1, -0.05) is 6.08 Å². The summed E-state index contributed by atoms with van der Waals surface area (Å²) >= 11 is 1.81. The first-order valence-electron chi connectivity index (χ1n) is 12.7. The molecular weight excluding hydrogens is 460 g/mol. The Hall–Kier alpha value is -2.68. The number of rotatable bonds is 5. The molecule has 6 rings (SSSR count). The minimum absolute atomic E-state index is 0.109. The van der Waals surface area contributed by atoms with Crippen molar-refractivity contribution in [3.63, 3.8) is 0 Å². The van der Waals surface area contributed by atoms with E-state index in [4.69, 9.17) is 14.5 Å². The maximum atomic E-state index is 12.5. The molecule has 8 heteroatoms. The van der Waals surface area contributed by atoms with E-state index in [1.54, 1.807) is 0 Å². The Kier molecular flexibility index (Phi) is 6.59. The van der Waals surface area contributed by atoms with Crippen LogP contribution in [0.1, 0.15) is 42.5 Å². The molecule has 0 unspecified atom stereocenters. The quantitative estimate of drug-likeness (QED) is 0.524. The van der Waals surface area contributed by atoms with Crippen molar-refractivity contribution in [2.45, 2.75) is 44.8 Å². The average Bonchev–Trinajstić information content (AvgIpc) is 3.66. The van der Waals surface area contributed by atoms with Crippen LogP contribution < -0.4 is 0 Å². The molecular formula is C27H32N4O3S. The Balaban J connectivity index is 1.16. The van der Waals surface area contributed by atoms with Crippen molar-refractivity contribution < 1.29 is 14.3 Å². The largest absolute Gasteiger partial charge is 0.446 e. The normalized spacial score (nSPS) is 19.9.